The van der Waals surface area contributed by atoms with Crippen LogP contribution in [0.3, 0.4) is 0 Å². The van der Waals surface area contributed by atoms with E-state index in [1.807, 2.05) is 42.5 Å². The summed E-state index contributed by atoms with van der Waals surface area (Å²) in [5, 5.41) is 4.34. The molecule has 0 unspecified atom stereocenters. The summed E-state index contributed by atoms with van der Waals surface area (Å²) in [6.07, 6.45) is 0. The molecule has 0 saturated carbocycles. The highest BCUT2D eigenvalue weighted by molar-refractivity contribution is 9.10. The molecular weight excluding hydrogens is 560 g/mol. The highest BCUT2D eigenvalue weighted by Gasteiger charge is 2.22. The summed E-state index contributed by atoms with van der Waals surface area (Å²) < 4.78 is 13.6. The van der Waals surface area contributed by atoms with Gasteiger partial charge in [-0.05, 0) is 78.2 Å². The number of nitrogens with zero attached hydrogens (tertiary/aromatic N) is 2. The van der Waals surface area contributed by atoms with Crippen molar-refractivity contribution >= 4 is 76.8 Å². The normalized spacial score (nSPS) is 11.6. The molecule has 190 valence electrons. The topological polar surface area (TPSA) is 42.4 Å². The number of fused-ring (bicyclic) bond motifs is 6. The highest BCUT2D eigenvalue weighted by Crippen LogP contribution is 2.46. The molecule has 0 fully saturated rings. The molecule has 5 heteroatoms. The van der Waals surface area contributed by atoms with Crippen LogP contribution in [0.25, 0.3) is 55.3 Å². The van der Waals surface area contributed by atoms with Gasteiger partial charge in [-0.3, -0.25) is 0 Å². The first-order valence-electron chi connectivity index (χ1n) is 13.1. The zero-order valence-electron chi connectivity index (χ0n) is 21.2. The van der Waals surface area contributed by atoms with Crippen LogP contribution in [0.15, 0.2) is 141 Å². The molecule has 40 heavy (non-hydrogen) atoms. The van der Waals surface area contributed by atoms with Crippen LogP contribution in [0.5, 0.6) is 0 Å². The summed E-state index contributed by atoms with van der Waals surface area (Å²) in [6.45, 7) is 0. The maximum absolute atomic E-state index is 6.52. The van der Waals surface area contributed by atoms with E-state index in [4.69, 9.17) is 8.83 Å². The molecule has 0 N–H and O–H groups in total. The third kappa shape index (κ3) is 3.70. The second-order valence-electron chi connectivity index (χ2n) is 9.77. The maximum Gasteiger partial charge on any atom is 0.227 e. The SMILES string of the molecule is Brc1ccc2oc3c4ccccc4cc(N(c4ccccc4)c4ccc(-c5nc6ccccc6o5)cc4)c3c2c1. The van der Waals surface area contributed by atoms with Crippen LogP contribution in [0, 0.1) is 0 Å². The number of aromatic nitrogens is 1. The lowest BCUT2D eigenvalue weighted by molar-refractivity contribution is 0.620. The van der Waals surface area contributed by atoms with E-state index in [9.17, 15) is 0 Å². The van der Waals surface area contributed by atoms with Gasteiger partial charge in [-0.2, -0.15) is 0 Å². The summed E-state index contributed by atoms with van der Waals surface area (Å²) in [5.41, 5.74) is 7.42. The Hall–Kier alpha value is -4.87. The monoisotopic (exact) mass is 580 g/mol. The molecule has 8 rings (SSSR count). The Balaban J connectivity index is 1.37. The third-order valence-electron chi connectivity index (χ3n) is 7.33. The summed E-state index contributed by atoms with van der Waals surface area (Å²) in [4.78, 5) is 6.98. The standard InChI is InChI=1S/C35H21BrN2O2/c36-24-16-19-31-28(21-24)33-30(20-23-8-4-5-11-27(23)34(33)39-31)38(25-9-2-1-3-10-25)26-17-14-22(15-18-26)35-37-29-12-6-7-13-32(29)40-35/h1-21H. The van der Waals surface area contributed by atoms with Crippen LogP contribution in [0.4, 0.5) is 17.1 Å². The van der Waals surface area contributed by atoms with E-state index in [0.29, 0.717) is 5.89 Å². The number of rotatable bonds is 4. The van der Waals surface area contributed by atoms with Crippen molar-refractivity contribution < 1.29 is 8.83 Å². The molecule has 0 radical (unpaired) electrons. The van der Waals surface area contributed by atoms with Crippen molar-refractivity contribution in [1.29, 1.82) is 0 Å². The minimum Gasteiger partial charge on any atom is -0.455 e. The Morgan fingerprint density at radius 2 is 1.35 bits per heavy atom. The zero-order valence-corrected chi connectivity index (χ0v) is 22.8. The average Bonchev–Trinajstić information content (AvgIpc) is 3.60. The predicted octanol–water partition coefficient (Wildman–Crippen LogP) is 10.8. The Labute approximate surface area is 238 Å². The molecule has 2 heterocycles. The molecule has 2 aromatic heterocycles. The quantitative estimate of drug-likeness (QED) is 0.207. The van der Waals surface area contributed by atoms with E-state index in [0.717, 1.165) is 70.9 Å². The fourth-order valence-electron chi connectivity index (χ4n) is 5.49. The van der Waals surface area contributed by atoms with Gasteiger partial charge >= 0.3 is 0 Å². The lowest BCUT2D eigenvalue weighted by Gasteiger charge is -2.26. The number of hydrogen-bond donors (Lipinski definition) is 0. The van der Waals surface area contributed by atoms with Crippen molar-refractivity contribution in [3.8, 4) is 11.5 Å². The van der Waals surface area contributed by atoms with Crippen LogP contribution in [0.1, 0.15) is 0 Å². The average molecular weight is 581 g/mol. The number of furan rings is 1. The van der Waals surface area contributed by atoms with E-state index >= 15 is 0 Å². The van der Waals surface area contributed by atoms with E-state index in [1.165, 1.54) is 0 Å². The summed E-state index contributed by atoms with van der Waals surface area (Å²) in [7, 11) is 0. The van der Waals surface area contributed by atoms with Gasteiger partial charge in [0, 0.05) is 32.2 Å². The van der Waals surface area contributed by atoms with Crippen molar-refractivity contribution in [2.75, 3.05) is 4.90 Å². The largest absolute Gasteiger partial charge is 0.455 e. The molecular formula is C35H21BrN2O2. The van der Waals surface area contributed by atoms with E-state index < -0.39 is 0 Å². The first-order valence-corrected chi connectivity index (χ1v) is 13.9. The maximum atomic E-state index is 6.52. The predicted molar refractivity (Wildman–Crippen MR) is 167 cm³/mol. The molecule has 0 bridgehead atoms. The Morgan fingerprint density at radius 1 is 0.600 bits per heavy atom. The fourth-order valence-corrected chi connectivity index (χ4v) is 5.85. The molecule has 0 aliphatic rings. The smallest absolute Gasteiger partial charge is 0.227 e. The number of para-hydroxylation sites is 3. The van der Waals surface area contributed by atoms with Crippen LogP contribution in [-0.2, 0) is 0 Å². The molecule has 8 aromatic rings. The summed E-state index contributed by atoms with van der Waals surface area (Å²) in [6, 6.07) is 43.5. The van der Waals surface area contributed by atoms with Crippen molar-refractivity contribution in [3.63, 3.8) is 0 Å². The summed E-state index contributed by atoms with van der Waals surface area (Å²) in [5.74, 6) is 0.609. The van der Waals surface area contributed by atoms with Gasteiger partial charge in [-0.1, -0.05) is 70.5 Å². The van der Waals surface area contributed by atoms with E-state index in [-0.39, 0.29) is 0 Å². The van der Waals surface area contributed by atoms with Crippen molar-refractivity contribution in [2.24, 2.45) is 0 Å². The van der Waals surface area contributed by atoms with Crippen molar-refractivity contribution in [2.45, 2.75) is 0 Å². The zero-order chi connectivity index (χ0) is 26.6. The fraction of sp³-hybridized carbons (Fsp3) is 0. The van der Waals surface area contributed by atoms with E-state index in [1.54, 1.807) is 0 Å². The Kier molecular flexibility index (Phi) is 5.25. The molecule has 0 amide bonds. The van der Waals surface area contributed by atoms with Crippen molar-refractivity contribution in [3.05, 3.63) is 132 Å². The second kappa shape index (κ2) is 9.11. The van der Waals surface area contributed by atoms with Crippen LogP contribution in [-0.4, -0.2) is 4.98 Å². The highest BCUT2D eigenvalue weighted by atomic mass is 79.9. The Bertz CT molecular complexity index is 2150. The molecule has 6 aromatic carbocycles. The van der Waals surface area contributed by atoms with Crippen LogP contribution >= 0.6 is 15.9 Å². The van der Waals surface area contributed by atoms with Gasteiger partial charge in [0.1, 0.15) is 16.7 Å². The number of halogens is 1. The molecule has 0 aliphatic carbocycles. The number of anilines is 3. The Morgan fingerprint density at radius 3 is 2.20 bits per heavy atom. The van der Waals surface area contributed by atoms with Crippen LogP contribution in [0.2, 0.25) is 0 Å². The molecule has 0 atom stereocenters. The molecule has 0 saturated heterocycles. The number of benzene rings is 6. The third-order valence-corrected chi connectivity index (χ3v) is 7.82. The first kappa shape index (κ1) is 23.1. The lowest BCUT2D eigenvalue weighted by Crippen LogP contribution is -2.10. The second-order valence-corrected chi connectivity index (χ2v) is 10.7. The molecule has 0 spiro atoms. The van der Waals surface area contributed by atoms with Gasteiger partial charge in [-0.15, -0.1) is 0 Å². The number of hydrogen-bond acceptors (Lipinski definition) is 4. The van der Waals surface area contributed by atoms with Gasteiger partial charge in [-0.25, -0.2) is 4.98 Å². The lowest BCUT2D eigenvalue weighted by atomic mass is 10.0. The minimum absolute atomic E-state index is 0.609. The minimum atomic E-state index is 0.609. The van der Waals surface area contributed by atoms with Gasteiger partial charge < -0.3 is 13.7 Å². The van der Waals surface area contributed by atoms with Crippen LogP contribution < -0.4 is 4.90 Å². The van der Waals surface area contributed by atoms with Gasteiger partial charge in [0.25, 0.3) is 0 Å². The van der Waals surface area contributed by atoms with Gasteiger partial charge in [0.05, 0.1) is 11.1 Å². The summed E-state index contributed by atoms with van der Waals surface area (Å²) >= 11 is 3.68. The first-order chi connectivity index (χ1) is 19.7. The van der Waals surface area contributed by atoms with E-state index in [2.05, 4.69) is 111 Å². The van der Waals surface area contributed by atoms with Gasteiger partial charge in [0.15, 0.2) is 5.58 Å². The van der Waals surface area contributed by atoms with Gasteiger partial charge in [0.2, 0.25) is 5.89 Å². The molecule has 0 aliphatic heterocycles. The number of oxazole rings is 1. The molecule has 4 nitrogen and oxygen atoms in total. The van der Waals surface area contributed by atoms with Crippen molar-refractivity contribution in [1.82, 2.24) is 4.98 Å².